The summed E-state index contributed by atoms with van der Waals surface area (Å²) in [6.07, 6.45) is 0.298. The summed E-state index contributed by atoms with van der Waals surface area (Å²) in [6.45, 7) is 3.14. The molecule has 7 bridgehead atoms. The summed E-state index contributed by atoms with van der Waals surface area (Å²) in [5, 5.41) is 38.8. The van der Waals surface area contributed by atoms with E-state index in [0.717, 1.165) is 0 Å². The minimum absolute atomic E-state index is 0.190. The number of rotatable bonds is 6. The van der Waals surface area contributed by atoms with E-state index in [4.69, 9.17) is 24.7 Å². The zero-order chi connectivity index (χ0) is 28.5. The summed E-state index contributed by atoms with van der Waals surface area (Å²) < 4.78 is 24.6. The molecule has 12 atom stereocenters. The van der Waals surface area contributed by atoms with Crippen LogP contribution in [0.3, 0.4) is 0 Å². The molecule has 10 heteroatoms. The molecule has 6 aliphatic rings. The second kappa shape index (κ2) is 8.40. The molecule has 1 aromatic carbocycles. The fourth-order valence-corrected chi connectivity index (χ4v) is 11.3. The standard InChI is InChI=1S/C30H42N2O8/c1-5-32-15-26(40-25(33)16-8-6-7-9-19(16)31)11-10-22(38-3)29-21(26)12-18(23(29)32)27(34)14-20(37-2)17-13-28(29,35)30(27,36)24(17)39-4/h6-9,17-18,20-24,34-36H,5,10-15,31H2,1-4H3/t17-,18-,20-,21-,22+,23?,24+,26-,27+,28-,29+,30+/m1/s1. The molecule has 1 saturated heterocycles. The van der Waals surface area contributed by atoms with E-state index < -0.39 is 51.9 Å². The summed E-state index contributed by atoms with van der Waals surface area (Å²) in [7, 11) is 4.80. The van der Waals surface area contributed by atoms with Crippen LogP contribution in [0.5, 0.6) is 0 Å². The minimum atomic E-state index is -1.95. The lowest BCUT2D eigenvalue weighted by atomic mass is 9.42. The van der Waals surface area contributed by atoms with Gasteiger partial charge >= 0.3 is 5.97 Å². The normalized spacial score (nSPS) is 52.0. The van der Waals surface area contributed by atoms with Gasteiger partial charge in [0.15, 0.2) is 0 Å². The molecule has 10 nitrogen and oxygen atoms in total. The number of esters is 1. The van der Waals surface area contributed by atoms with E-state index in [9.17, 15) is 20.1 Å². The van der Waals surface area contributed by atoms with Gasteiger partial charge in [-0.05, 0) is 44.4 Å². The van der Waals surface area contributed by atoms with Crippen LogP contribution in [0.25, 0.3) is 0 Å². The van der Waals surface area contributed by atoms with Crippen LogP contribution in [0.1, 0.15) is 49.4 Å². The number of carbonyl (C=O) groups excluding carboxylic acids is 1. The molecule has 1 spiro atoms. The molecule has 0 amide bonds. The molecule has 40 heavy (non-hydrogen) atoms. The van der Waals surface area contributed by atoms with E-state index in [1.807, 2.05) is 0 Å². The van der Waals surface area contributed by atoms with Crippen LogP contribution in [0, 0.1) is 23.2 Å². The smallest absolute Gasteiger partial charge is 0.340 e. The van der Waals surface area contributed by atoms with Crippen molar-refractivity contribution in [2.24, 2.45) is 23.2 Å². The van der Waals surface area contributed by atoms with Gasteiger partial charge in [0.1, 0.15) is 22.4 Å². The highest BCUT2D eigenvalue weighted by Crippen LogP contribution is 2.80. The van der Waals surface area contributed by atoms with Gasteiger partial charge in [0, 0.05) is 63.8 Å². The predicted octanol–water partition coefficient (Wildman–Crippen LogP) is 0.960. The van der Waals surface area contributed by atoms with Crippen molar-refractivity contribution in [1.29, 1.82) is 0 Å². The van der Waals surface area contributed by atoms with Crippen molar-refractivity contribution in [3.63, 3.8) is 0 Å². The van der Waals surface area contributed by atoms with Crippen molar-refractivity contribution in [3.05, 3.63) is 29.8 Å². The number of nitrogens with two attached hydrogens (primary N) is 1. The first-order chi connectivity index (χ1) is 19.0. The molecule has 220 valence electrons. The van der Waals surface area contributed by atoms with Crippen LogP contribution in [0.2, 0.25) is 0 Å². The van der Waals surface area contributed by atoms with Crippen molar-refractivity contribution in [3.8, 4) is 0 Å². The summed E-state index contributed by atoms with van der Waals surface area (Å²) >= 11 is 0. The molecule has 1 unspecified atom stereocenters. The number of aliphatic hydroxyl groups is 3. The summed E-state index contributed by atoms with van der Waals surface area (Å²) in [6, 6.07) is 6.60. The molecular weight excluding hydrogens is 516 g/mol. The SMILES string of the molecule is CCN1C[C@]2(OC(=O)c3ccccc3N)CC[C@H](OC)[C@]34C1[C@@H](C[C@H]23)[C@@]1(O)C[C@@H](OC)[C@H]2C[C@]4(O)[C@]1(O)[C@H]2OC. The maximum absolute atomic E-state index is 13.7. The van der Waals surface area contributed by atoms with Gasteiger partial charge in [-0.1, -0.05) is 19.1 Å². The van der Waals surface area contributed by atoms with Gasteiger partial charge < -0.3 is 40.0 Å². The highest BCUT2D eigenvalue weighted by molar-refractivity contribution is 5.95. The predicted molar refractivity (Wildman–Crippen MR) is 143 cm³/mol. The molecular formula is C30H42N2O8. The number of anilines is 1. The lowest BCUT2D eigenvalue weighted by Crippen LogP contribution is -2.89. The fourth-order valence-electron chi connectivity index (χ4n) is 11.3. The van der Waals surface area contributed by atoms with Gasteiger partial charge in [-0.15, -0.1) is 0 Å². The lowest BCUT2D eigenvalue weighted by molar-refractivity contribution is -0.384. The lowest BCUT2D eigenvalue weighted by Gasteiger charge is -2.73. The Balaban J connectivity index is 1.45. The van der Waals surface area contributed by atoms with Gasteiger partial charge in [-0.2, -0.15) is 0 Å². The van der Waals surface area contributed by atoms with E-state index in [2.05, 4.69) is 11.8 Å². The number of likely N-dealkylation sites (tertiary alicyclic amines) is 1. The topological polar surface area (TPSA) is 144 Å². The maximum Gasteiger partial charge on any atom is 0.340 e. The number of nitrogens with zero attached hydrogens (tertiary/aromatic N) is 1. The number of piperidine rings is 1. The van der Waals surface area contributed by atoms with E-state index in [-0.39, 0.29) is 36.8 Å². The van der Waals surface area contributed by atoms with Crippen LogP contribution in [-0.2, 0) is 18.9 Å². The molecule has 5 N–H and O–H groups in total. The number of benzene rings is 1. The van der Waals surface area contributed by atoms with Crippen molar-refractivity contribution < 1.29 is 39.1 Å². The third-order valence-corrected chi connectivity index (χ3v) is 12.5. The van der Waals surface area contributed by atoms with Crippen LogP contribution in [-0.4, -0.2) is 107 Å². The van der Waals surface area contributed by atoms with Gasteiger partial charge in [0.05, 0.1) is 29.3 Å². The van der Waals surface area contributed by atoms with Gasteiger partial charge in [0.25, 0.3) is 0 Å². The number of hydrogen-bond donors (Lipinski definition) is 4. The van der Waals surface area contributed by atoms with Crippen LogP contribution < -0.4 is 5.73 Å². The number of para-hydroxylation sites is 1. The van der Waals surface area contributed by atoms with Crippen LogP contribution in [0.4, 0.5) is 5.69 Å². The third-order valence-electron chi connectivity index (χ3n) is 12.5. The number of fused-ring (bicyclic) bond motifs is 2. The number of hydrogen-bond acceptors (Lipinski definition) is 10. The van der Waals surface area contributed by atoms with E-state index in [1.165, 1.54) is 7.11 Å². The Morgan fingerprint density at radius 2 is 1.85 bits per heavy atom. The van der Waals surface area contributed by atoms with E-state index in [1.54, 1.807) is 38.5 Å². The molecule has 6 fully saturated rings. The first kappa shape index (κ1) is 27.1. The van der Waals surface area contributed by atoms with Crippen LogP contribution >= 0.6 is 0 Å². The third kappa shape index (κ3) is 2.65. The molecule has 0 radical (unpaired) electrons. The summed E-state index contributed by atoms with van der Waals surface area (Å²) in [5.74, 6) is -1.60. The number of carbonyl (C=O) groups is 1. The zero-order valence-electron chi connectivity index (χ0n) is 23.7. The number of ether oxygens (including phenoxy) is 4. The highest BCUT2D eigenvalue weighted by Gasteiger charge is 2.94. The molecule has 5 aliphatic carbocycles. The van der Waals surface area contributed by atoms with Crippen molar-refractivity contribution in [1.82, 2.24) is 4.90 Å². The van der Waals surface area contributed by atoms with Gasteiger partial charge in [0.2, 0.25) is 0 Å². The average molecular weight is 559 g/mol. The Hall–Kier alpha value is -1.79. The Labute approximate surface area is 234 Å². The van der Waals surface area contributed by atoms with Gasteiger partial charge in [-0.3, -0.25) is 4.90 Å². The second-order valence-corrected chi connectivity index (χ2v) is 13.2. The van der Waals surface area contributed by atoms with Crippen molar-refractivity contribution in [2.45, 2.75) is 85.8 Å². The van der Waals surface area contributed by atoms with Crippen molar-refractivity contribution >= 4 is 11.7 Å². The van der Waals surface area contributed by atoms with E-state index in [0.29, 0.717) is 43.6 Å². The molecule has 5 saturated carbocycles. The Kier molecular flexibility index (Phi) is 5.68. The minimum Gasteiger partial charge on any atom is -0.454 e. The quantitative estimate of drug-likeness (QED) is 0.294. The molecule has 1 aromatic rings. The average Bonchev–Trinajstić information content (AvgIpc) is 3.34. The molecule has 0 aromatic heterocycles. The van der Waals surface area contributed by atoms with Gasteiger partial charge in [-0.25, -0.2) is 4.79 Å². The fraction of sp³-hybridized carbons (Fsp3) is 0.767. The Bertz CT molecular complexity index is 1230. The first-order valence-electron chi connectivity index (χ1n) is 14.6. The maximum atomic E-state index is 13.7. The van der Waals surface area contributed by atoms with E-state index >= 15 is 0 Å². The molecule has 7 rings (SSSR count). The zero-order valence-corrected chi connectivity index (χ0v) is 23.7. The number of nitrogen functional groups attached to an aromatic ring is 1. The summed E-state index contributed by atoms with van der Waals surface area (Å²) in [5.41, 5.74) is -0.569. The first-order valence-corrected chi connectivity index (χ1v) is 14.6. The monoisotopic (exact) mass is 558 g/mol. The molecule has 1 heterocycles. The number of likely N-dealkylation sites (N-methyl/N-ethyl adjacent to an activating group) is 1. The Morgan fingerprint density at radius 1 is 1.10 bits per heavy atom. The molecule has 1 aliphatic heterocycles. The Morgan fingerprint density at radius 3 is 2.50 bits per heavy atom. The highest BCUT2D eigenvalue weighted by atomic mass is 16.6. The number of methoxy groups -OCH3 is 3. The summed E-state index contributed by atoms with van der Waals surface area (Å²) in [4.78, 5) is 16.0. The van der Waals surface area contributed by atoms with Crippen molar-refractivity contribution in [2.75, 3.05) is 40.2 Å². The largest absolute Gasteiger partial charge is 0.454 e. The van der Waals surface area contributed by atoms with Crippen LogP contribution in [0.15, 0.2) is 24.3 Å². The second-order valence-electron chi connectivity index (χ2n) is 13.2.